The Kier molecular flexibility index (Phi) is 3.89. The average Bonchev–Trinajstić information content (AvgIpc) is 2.30. The van der Waals surface area contributed by atoms with Crippen molar-refractivity contribution in [2.75, 3.05) is 16.8 Å². The third-order valence-corrected chi connectivity index (χ3v) is 3.98. The molecule has 2 rings (SSSR count). The van der Waals surface area contributed by atoms with Crippen LogP contribution in [0.15, 0.2) is 18.2 Å². The molecule has 0 aliphatic carbocycles. The second kappa shape index (κ2) is 5.40. The van der Waals surface area contributed by atoms with Crippen molar-refractivity contribution in [2.24, 2.45) is 0 Å². The highest BCUT2D eigenvalue weighted by atomic mass is 32.2. The molecule has 0 bridgehead atoms. The van der Waals surface area contributed by atoms with Crippen molar-refractivity contribution in [2.45, 2.75) is 25.8 Å². The summed E-state index contributed by atoms with van der Waals surface area (Å²) in [6.07, 6.45) is 2.16. The van der Waals surface area contributed by atoms with Crippen LogP contribution in [-0.4, -0.2) is 22.5 Å². The number of nitrogens with zero attached hydrogens (tertiary/aromatic N) is 1. The maximum Gasteiger partial charge on any atom is 0.292 e. The first-order valence-electron chi connectivity index (χ1n) is 5.76. The molecule has 1 aromatic rings. The van der Waals surface area contributed by atoms with Gasteiger partial charge < -0.3 is 5.32 Å². The van der Waals surface area contributed by atoms with E-state index in [-0.39, 0.29) is 10.6 Å². The maximum absolute atomic E-state index is 10.9. The Balaban J connectivity index is 2.17. The minimum Gasteiger partial charge on any atom is -0.377 e. The predicted molar refractivity (Wildman–Crippen MR) is 71.8 cm³/mol. The van der Waals surface area contributed by atoms with E-state index in [1.165, 1.54) is 0 Å². The number of thioether (sulfide) groups is 1. The van der Waals surface area contributed by atoms with E-state index in [1.54, 1.807) is 12.1 Å². The van der Waals surface area contributed by atoms with Crippen LogP contribution in [0.4, 0.5) is 11.4 Å². The predicted octanol–water partition coefficient (Wildman–Crippen LogP) is 3.21. The first-order valence-corrected chi connectivity index (χ1v) is 6.91. The lowest BCUT2D eigenvalue weighted by Gasteiger charge is -2.23. The van der Waals surface area contributed by atoms with E-state index in [9.17, 15) is 10.1 Å². The standard InChI is InChI=1S/C12H16N2O2S/c1-9-2-3-12(14(15)16)11(8-9)13-10-4-6-17-7-5-10/h2-3,8,10,13H,4-7H2,1H3. The van der Waals surface area contributed by atoms with Crippen LogP contribution in [0, 0.1) is 17.0 Å². The van der Waals surface area contributed by atoms with Gasteiger partial charge in [-0.05, 0) is 42.9 Å². The number of nitrogens with one attached hydrogen (secondary N) is 1. The quantitative estimate of drug-likeness (QED) is 0.663. The van der Waals surface area contributed by atoms with Crippen LogP contribution in [0.1, 0.15) is 18.4 Å². The van der Waals surface area contributed by atoms with E-state index in [0.29, 0.717) is 11.7 Å². The minimum atomic E-state index is -0.320. The van der Waals surface area contributed by atoms with Crippen LogP contribution in [0.2, 0.25) is 0 Å². The molecule has 92 valence electrons. The number of rotatable bonds is 3. The Bertz CT molecular complexity index is 417. The van der Waals surface area contributed by atoms with Gasteiger partial charge in [-0.3, -0.25) is 10.1 Å². The van der Waals surface area contributed by atoms with Crippen molar-refractivity contribution < 1.29 is 4.92 Å². The lowest BCUT2D eigenvalue weighted by Crippen LogP contribution is -2.24. The minimum absolute atomic E-state index is 0.175. The molecule has 4 nitrogen and oxygen atoms in total. The highest BCUT2D eigenvalue weighted by Crippen LogP contribution is 2.28. The molecule has 5 heteroatoms. The van der Waals surface area contributed by atoms with Crippen molar-refractivity contribution in [3.8, 4) is 0 Å². The van der Waals surface area contributed by atoms with Gasteiger partial charge in [0.05, 0.1) is 4.92 Å². The van der Waals surface area contributed by atoms with Crippen LogP contribution in [0.25, 0.3) is 0 Å². The third kappa shape index (κ3) is 3.12. The number of benzene rings is 1. The molecule has 1 aliphatic rings. The van der Waals surface area contributed by atoms with Gasteiger partial charge in [0.2, 0.25) is 0 Å². The molecule has 1 N–H and O–H groups in total. The molecule has 0 atom stereocenters. The number of anilines is 1. The summed E-state index contributed by atoms with van der Waals surface area (Å²) < 4.78 is 0. The lowest BCUT2D eigenvalue weighted by atomic mass is 10.1. The van der Waals surface area contributed by atoms with Crippen LogP contribution < -0.4 is 5.32 Å². The zero-order chi connectivity index (χ0) is 12.3. The summed E-state index contributed by atoms with van der Waals surface area (Å²) in [6, 6.07) is 5.59. The van der Waals surface area contributed by atoms with Crippen molar-refractivity contribution in [1.82, 2.24) is 0 Å². The number of hydrogen-bond acceptors (Lipinski definition) is 4. The fourth-order valence-electron chi connectivity index (χ4n) is 1.99. The van der Waals surface area contributed by atoms with Gasteiger partial charge in [0.1, 0.15) is 5.69 Å². The molecule has 0 spiro atoms. The molecule has 0 saturated carbocycles. The summed E-state index contributed by atoms with van der Waals surface area (Å²) in [5, 5.41) is 14.3. The largest absolute Gasteiger partial charge is 0.377 e. The Hall–Kier alpha value is -1.23. The van der Waals surface area contributed by atoms with Gasteiger partial charge in [-0.1, -0.05) is 6.07 Å². The molecule has 1 aromatic carbocycles. The van der Waals surface area contributed by atoms with E-state index in [4.69, 9.17) is 0 Å². The molecule has 0 unspecified atom stereocenters. The number of aryl methyl sites for hydroxylation is 1. The van der Waals surface area contributed by atoms with Crippen molar-refractivity contribution in [3.05, 3.63) is 33.9 Å². The van der Waals surface area contributed by atoms with Gasteiger partial charge in [-0.15, -0.1) is 0 Å². The van der Waals surface area contributed by atoms with Crippen molar-refractivity contribution in [1.29, 1.82) is 0 Å². The molecule has 1 aliphatic heterocycles. The highest BCUT2D eigenvalue weighted by molar-refractivity contribution is 7.99. The summed E-state index contributed by atoms with van der Waals surface area (Å²) in [4.78, 5) is 10.6. The second-order valence-corrected chi connectivity index (χ2v) is 5.53. The SMILES string of the molecule is Cc1ccc([N+](=O)[O-])c(NC2CCSCC2)c1. The number of hydrogen-bond donors (Lipinski definition) is 1. The smallest absolute Gasteiger partial charge is 0.292 e. The Labute approximate surface area is 105 Å². The first-order chi connectivity index (χ1) is 8.16. The zero-order valence-corrected chi connectivity index (χ0v) is 10.6. The number of nitro groups is 1. The van der Waals surface area contributed by atoms with Gasteiger partial charge in [0.25, 0.3) is 5.69 Å². The molecular formula is C12H16N2O2S. The summed E-state index contributed by atoms with van der Waals surface area (Å²) in [5.41, 5.74) is 1.88. The number of nitro benzene ring substituents is 1. The second-order valence-electron chi connectivity index (χ2n) is 4.31. The van der Waals surface area contributed by atoms with Crippen molar-refractivity contribution >= 4 is 23.1 Å². The Morgan fingerprint density at radius 2 is 2.12 bits per heavy atom. The summed E-state index contributed by atoms with van der Waals surface area (Å²) >= 11 is 1.95. The van der Waals surface area contributed by atoms with Gasteiger partial charge in [0, 0.05) is 12.1 Å². The first kappa shape index (κ1) is 12.2. The van der Waals surface area contributed by atoms with E-state index in [1.807, 2.05) is 24.8 Å². The molecule has 0 radical (unpaired) electrons. The van der Waals surface area contributed by atoms with Crippen LogP contribution in [0.5, 0.6) is 0 Å². The zero-order valence-electron chi connectivity index (χ0n) is 9.81. The van der Waals surface area contributed by atoms with Gasteiger partial charge in [-0.2, -0.15) is 11.8 Å². The van der Waals surface area contributed by atoms with E-state index in [2.05, 4.69) is 5.32 Å². The molecule has 1 fully saturated rings. The molecular weight excluding hydrogens is 236 g/mol. The monoisotopic (exact) mass is 252 g/mol. The van der Waals surface area contributed by atoms with Gasteiger partial charge in [0.15, 0.2) is 0 Å². The maximum atomic E-state index is 10.9. The van der Waals surface area contributed by atoms with E-state index in [0.717, 1.165) is 29.9 Å². The van der Waals surface area contributed by atoms with Crippen molar-refractivity contribution in [3.63, 3.8) is 0 Å². The topological polar surface area (TPSA) is 55.2 Å². The third-order valence-electron chi connectivity index (χ3n) is 2.93. The van der Waals surface area contributed by atoms with Gasteiger partial charge in [-0.25, -0.2) is 0 Å². The van der Waals surface area contributed by atoms with Crippen LogP contribution >= 0.6 is 11.8 Å². The summed E-state index contributed by atoms with van der Waals surface area (Å²) in [6.45, 7) is 1.95. The highest BCUT2D eigenvalue weighted by Gasteiger charge is 2.19. The van der Waals surface area contributed by atoms with Gasteiger partial charge >= 0.3 is 0 Å². The normalized spacial score (nSPS) is 16.8. The summed E-state index contributed by atoms with van der Waals surface area (Å²) in [7, 11) is 0. The molecule has 17 heavy (non-hydrogen) atoms. The summed E-state index contributed by atoms with van der Waals surface area (Å²) in [5.74, 6) is 2.27. The molecule has 0 aromatic heterocycles. The average molecular weight is 252 g/mol. The lowest BCUT2D eigenvalue weighted by molar-refractivity contribution is -0.384. The fourth-order valence-corrected chi connectivity index (χ4v) is 3.09. The van der Waals surface area contributed by atoms with Crippen LogP contribution in [-0.2, 0) is 0 Å². The van der Waals surface area contributed by atoms with E-state index >= 15 is 0 Å². The Morgan fingerprint density at radius 3 is 2.76 bits per heavy atom. The molecule has 1 heterocycles. The Morgan fingerprint density at radius 1 is 1.41 bits per heavy atom. The fraction of sp³-hybridized carbons (Fsp3) is 0.500. The molecule has 1 saturated heterocycles. The van der Waals surface area contributed by atoms with E-state index < -0.39 is 0 Å². The van der Waals surface area contributed by atoms with Crippen LogP contribution in [0.3, 0.4) is 0 Å². The molecule has 0 amide bonds.